The molecular formula is C29H33ClN4O2. The van der Waals surface area contributed by atoms with Crippen LogP contribution < -0.4 is 0 Å². The van der Waals surface area contributed by atoms with Gasteiger partial charge in [0.2, 0.25) is 5.91 Å². The van der Waals surface area contributed by atoms with Crippen LogP contribution >= 0.6 is 11.6 Å². The fourth-order valence-corrected chi connectivity index (χ4v) is 5.62. The maximum Gasteiger partial charge on any atom is 0.272 e. The van der Waals surface area contributed by atoms with Crippen LogP contribution in [0, 0.1) is 0 Å². The van der Waals surface area contributed by atoms with E-state index in [0.717, 1.165) is 61.9 Å². The molecule has 2 unspecified atom stereocenters. The topological polar surface area (TPSA) is 58.4 Å². The molecular weight excluding hydrogens is 472 g/mol. The van der Waals surface area contributed by atoms with Gasteiger partial charge in [-0.1, -0.05) is 80.3 Å². The van der Waals surface area contributed by atoms with Gasteiger partial charge < -0.3 is 9.80 Å². The Hall–Kier alpha value is -3.12. The Morgan fingerprint density at radius 3 is 2.61 bits per heavy atom. The third-order valence-electron chi connectivity index (χ3n) is 7.38. The molecule has 2 aromatic carbocycles. The Morgan fingerprint density at radius 1 is 1.08 bits per heavy atom. The maximum absolute atomic E-state index is 13.6. The van der Waals surface area contributed by atoms with Gasteiger partial charge in [0, 0.05) is 23.7 Å². The van der Waals surface area contributed by atoms with Crippen LogP contribution in [-0.2, 0) is 4.79 Å². The van der Waals surface area contributed by atoms with E-state index in [-0.39, 0.29) is 30.4 Å². The summed E-state index contributed by atoms with van der Waals surface area (Å²) in [6.07, 6.45) is 6.20. The average molecular weight is 505 g/mol. The van der Waals surface area contributed by atoms with Gasteiger partial charge in [0.15, 0.2) is 0 Å². The van der Waals surface area contributed by atoms with E-state index < -0.39 is 0 Å². The van der Waals surface area contributed by atoms with Crippen molar-refractivity contribution in [3.63, 3.8) is 0 Å². The molecule has 1 aromatic heterocycles. The van der Waals surface area contributed by atoms with Gasteiger partial charge in [0.05, 0.1) is 17.8 Å². The second kappa shape index (κ2) is 10.9. The predicted molar refractivity (Wildman–Crippen MR) is 142 cm³/mol. The Morgan fingerprint density at radius 2 is 1.86 bits per heavy atom. The van der Waals surface area contributed by atoms with Crippen molar-refractivity contribution in [3.05, 3.63) is 76.9 Å². The second-order valence-electron chi connectivity index (χ2n) is 9.86. The number of fused-ring (bicyclic) bond motifs is 1. The standard InChI is InChI=1S/C29H33ClN4O2/c1-2-3-5-11-24-19-32(20-28(35)33-17-8-12-26(33)22-9-6-4-7-10-22)29(36)27-18-25(31-34(24)27)21-13-15-23(30)16-14-21/h4,6-7,9-10,13-16,18,24,26H,2-3,5,8,11-12,17,19-20H2,1H3. The smallest absolute Gasteiger partial charge is 0.272 e. The highest BCUT2D eigenvalue weighted by molar-refractivity contribution is 6.30. The number of likely N-dealkylation sites (tertiary alicyclic amines) is 1. The molecule has 0 N–H and O–H groups in total. The highest BCUT2D eigenvalue weighted by atomic mass is 35.5. The fraction of sp³-hybridized carbons (Fsp3) is 0.414. The number of carbonyl (C=O) groups excluding carboxylic acids is 2. The molecule has 0 spiro atoms. The van der Waals surface area contributed by atoms with E-state index in [1.165, 1.54) is 0 Å². The van der Waals surface area contributed by atoms with Crippen molar-refractivity contribution in [1.82, 2.24) is 19.6 Å². The summed E-state index contributed by atoms with van der Waals surface area (Å²) in [4.78, 5) is 30.7. The third-order valence-corrected chi connectivity index (χ3v) is 7.64. The number of rotatable bonds is 8. The summed E-state index contributed by atoms with van der Waals surface area (Å²) in [6.45, 7) is 3.53. The molecule has 2 aliphatic heterocycles. The van der Waals surface area contributed by atoms with Gasteiger partial charge in [-0.25, -0.2) is 0 Å². The van der Waals surface area contributed by atoms with Gasteiger partial charge in [-0.3, -0.25) is 14.3 Å². The summed E-state index contributed by atoms with van der Waals surface area (Å²) in [5, 5.41) is 5.50. The Balaban J connectivity index is 1.38. The number of unbranched alkanes of at least 4 members (excludes halogenated alkanes) is 2. The number of benzene rings is 2. The second-order valence-corrected chi connectivity index (χ2v) is 10.3. The molecule has 2 amide bonds. The number of hydrogen-bond donors (Lipinski definition) is 0. The summed E-state index contributed by atoms with van der Waals surface area (Å²) in [5.74, 6) is -0.105. The van der Waals surface area contributed by atoms with Crippen molar-refractivity contribution in [3.8, 4) is 11.3 Å². The van der Waals surface area contributed by atoms with Crippen molar-refractivity contribution in [1.29, 1.82) is 0 Å². The SMILES string of the molecule is CCCCCC1CN(CC(=O)N2CCCC2c2ccccc2)C(=O)c2cc(-c3ccc(Cl)cc3)nn21. The number of nitrogens with zero attached hydrogens (tertiary/aromatic N) is 4. The zero-order valence-electron chi connectivity index (χ0n) is 20.8. The average Bonchev–Trinajstić information content (AvgIpc) is 3.56. The highest BCUT2D eigenvalue weighted by Crippen LogP contribution is 2.33. The van der Waals surface area contributed by atoms with Gasteiger partial charge in [0.1, 0.15) is 12.2 Å². The first-order valence-electron chi connectivity index (χ1n) is 13.0. The van der Waals surface area contributed by atoms with Crippen molar-refractivity contribution in [2.75, 3.05) is 19.6 Å². The Kier molecular flexibility index (Phi) is 7.42. The van der Waals surface area contributed by atoms with Crippen LogP contribution in [0.1, 0.15) is 73.6 Å². The minimum atomic E-state index is -0.127. The summed E-state index contributed by atoms with van der Waals surface area (Å²) in [7, 11) is 0. The molecule has 5 rings (SSSR count). The number of amides is 2. The number of aromatic nitrogens is 2. The zero-order valence-corrected chi connectivity index (χ0v) is 21.5. The first-order valence-corrected chi connectivity index (χ1v) is 13.4. The normalized spacial score (nSPS) is 19.6. The van der Waals surface area contributed by atoms with E-state index >= 15 is 0 Å². The Bertz CT molecular complexity index is 1210. The zero-order chi connectivity index (χ0) is 25.1. The minimum Gasteiger partial charge on any atom is -0.334 e. The van der Waals surface area contributed by atoms with Crippen LogP contribution in [0.25, 0.3) is 11.3 Å². The lowest BCUT2D eigenvalue weighted by Crippen LogP contribution is -2.48. The van der Waals surface area contributed by atoms with Gasteiger partial charge in [-0.15, -0.1) is 0 Å². The van der Waals surface area contributed by atoms with E-state index in [2.05, 4.69) is 19.1 Å². The lowest BCUT2D eigenvalue weighted by molar-refractivity contribution is -0.133. The van der Waals surface area contributed by atoms with Crippen LogP contribution in [0.4, 0.5) is 0 Å². The molecule has 188 valence electrons. The van der Waals surface area contributed by atoms with Crippen molar-refractivity contribution < 1.29 is 9.59 Å². The minimum absolute atomic E-state index is 0.0212. The predicted octanol–water partition coefficient (Wildman–Crippen LogP) is 6.14. The molecule has 1 saturated heterocycles. The fourth-order valence-electron chi connectivity index (χ4n) is 5.49. The van der Waals surface area contributed by atoms with Crippen LogP contribution in [0.3, 0.4) is 0 Å². The Labute approximate surface area is 217 Å². The van der Waals surface area contributed by atoms with Gasteiger partial charge in [0.25, 0.3) is 5.91 Å². The van der Waals surface area contributed by atoms with Gasteiger partial charge in [-0.05, 0) is 43.0 Å². The molecule has 2 atom stereocenters. The third kappa shape index (κ3) is 5.05. The lowest BCUT2D eigenvalue weighted by atomic mass is 10.0. The van der Waals surface area contributed by atoms with Gasteiger partial charge >= 0.3 is 0 Å². The number of carbonyl (C=O) groups is 2. The molecule has 1 fully saturated rings. The monoisotopic (exact) mass is 504 g/mol. The molecule has 0 aliphatic carbocycles. The number of hydrogen-bond acceptors (Lipinski definition) is 3. The molecule has 0 radical (unpaired) electrons. The van der Waals surface area contributed by atoms with E-state index in [1.54, 1.807) is 4.90 Å². The van der Waals surface area contributed by atoms with Crippen molar-refractivity contribution in [2.24, 2.45) is 0 Å². The van der Waals surface area contributed by atoms with E-state index in [9.17, 15) is 9.59 Å². The van der Waals surface area contributed by atoms with Crippen molar-refractivity contribution >= 4 is 23.4 Å². The summed E-state index contributed by atoms with van der Waals surface area (Å²) < 4.78 is 1.89. The molecule has 36 heavy (non-hydrogen) atoms. The largest absolute Gasteiger partial charge is 0.334 e. The van der Waals surface area contributed by atoms with Crippen LogP contribution in [0.15, 0.2) is 60.7 Å². The first kappa shape index (κ1) is 24.6. The summed E-state index contributed by atoms with van der Waals surface area (Å²) in [5.41, 5.74) is 3.40. The summed E-state index contributed by atoms with van der Waals surface area (Å²) in [6, 6.07) is 19.7. The maximum atomic E-state index is 13.6. The molecule has 0 saturated carbocycles. The van der Waals surface area contributed by atoms with Crippen LogP contribution in [0.2, 0.25) is 5.02 Å². The van der Waals surface area contributed by atoms with Crippen LogP contribution in [0.5, 0.6) is 0 Å². The summed E-state index contributed by atoms with van der Waals surface area (Å²) >= 11 is 6.07. The van der Waals surface area contributed by atoms with E-state index in [1.807, 2.05) is 58.1 Å². The lowest BCUT2D eigenvalue weighted by Gasteiger charge is -2.35. The molecule has 6 nitrogen and oxygen atoms in total. The number of halogens is 1. The molecule has 3 aromatic rings. The molecule has 0 bridgehead atoms. The van der Waals surface area contributed by atoms with E-state index in [4.69, 9.17) is 16.7 Å². The first-order chi connectivity index (χ1) is 17.5. The molecule has 3 heterocycles. The van der Waals surface area contributed by atoms with E-state index in [0.29, 0.717) is 17.3 Å². The molecule has 2 aliphatic rings. The van der Waals surface area contributed by atoms with Crippen LogP contribution in [-0.4, -0.2) is 51.0 Å². The van der Waals surface area contributed by atoms with Crippen molar-refractivity contribution in [2.45, 2.75) is 57.5 Å². The molecule has 7 heteroatoms. The highest BCUT2D eigenvalue weighted by Gasteiger charge is 2.36. The van der Waals surface area contributed by atoms with Gasteiger partial charge in [-0.2, -0.15) is 5.10 Å². The quantitative estimate of drug-likeness (QED) is 0.346.